The Kier molecular flexibility index (Phi) is 4.89. The normalized spacial score (nSPS) is 11.0. The van der Waals surface area contributed by atoms with E-state index in [1.165, 1.54) is 0 Å². The van der Waals surface area contributed by atoms with Gasteiger partial charge in [0.2, 0.25) is 0 Å². The minimum absolute atomic E-state index is 0.0808. The number of nitrogens with zero attached hydrogens (tertiary/aromatic N) is 2. The van der Waals surface area contributed by atoms with Crippen LogP contribution in [-0.4, -0.2) is 20.6 Å². The maximum absolute atomic E-state index is 13.1. The molecular weight excluding hydrogens is 328 g/mol. The molecule has 0 radical (unpaired) electrons. The van der Waals surface area contributed by atoms with Gasteiger partial charge < -0.3 is 5.11 Å². The Morgan fingerprint density at radius 3 is 2.62 bits per heavy atom. The fourth-order valence-electron chi connectivity index (χ4n) is 3.36. The van der Waals surface area contributed by atoms with Crippen molar-refractivity contribution in [2.75, 3.05) is 0 Å². The molecule has 5 heteroatoms. The average Bonchev–Trinajstić information content (AvgIpc) is 2.59. The number of aryl methyl sites for hydroxylation is 3. The molecule has 0 saturated carbocycles. The number of hydrogen-bond donors (Lipinski definition) is 1. The van der Waals surface area contributed by atoms with Crippen LogP contribution in [0, 0.1) is 13.8 Å². The Hall–Kier alpha value is -2.95. The summed E-state index contributed by atoms with van der Waals surface area (Å²) in [5, 5.41) is 10.0. The molecule has 0 aliphatic rings. The Morgan fingerprint density at radius 1 is 1.19 bits per heavy atom. The molecule has 0 spiro atoms. The van der Waals surface area contributed by atoms with E-state index < -0.39 is 5.97 Å². The Bertz CT molecular complexity index is 1050. The number of carboxylic acids is 1. The van der Waals surface area contributed by atoms with Gasteiger partial charge >= 0.3 is 5.97 Å². The van der Waals surface area contributed by atoms with E-state index in [9.17, 15) is 9.59 Å². The molecule has 0 aliphatic carbocycles. The van der Waals surface area contributed by atoms with E-state index in [4.69, 9.17) is 5.11 Å². The van der Waals surface area contributed by atoms with Crippen molar-refractivity contribution in [2.45, 2.75) is 40.2 Å². The smallest absolute Gasteiger partial charge is 0.303 e. The molecule has 1 N–H and O–H groups in total. The zero-order valence-corrected chi connectivity index (χ0v) is 15.2. The molecule has 134 valence electrons. The second kappa shape index (κ2) is 7.12. The van der Waals surface area contributed by atoms with E-state index in [0.717, 1.165) is 27.8 Å². The Labute approximate surface area is 151 Å². The summed E-state index contributed by atoms with van der Waals surface area (Å²) >= 11 is 0. The molecule has 1 aromatic carbocycles. The van der Waals surface area contributed by atoms with Crippen LogP contribution in [0.5, 0.6) is 0 Å². The molecule has 0 saturated heterocycles. The largest absolute Gasteiger partial charge is 0.481 e. The van der Waals surface area contributed by atoms with Crippen LogP contribution in [0.25, 0.3) is 22.2 Å². The quantitative estimate of drug-likeness (QED) is 0.761. The second-order valence-electron chi connectivity index (χ2n) is 6.49. The number of rotatable bonds is 5. The number of hydrogen-bond acceptors (Lipinski definition) is 3. The summed E-state index contributed by atoms with van der Waals surface area (Å²) in [5.74, 6) is -0.912. The highest BCUT2D eigenvalue weighted by Crippen LogP contribution is 2.31. The van der Waals surface area contributed by atoms with Crippen LogP contribution in [0.2, 0.25) is 0 Å². The fourth-order valence-corrected chi connectivity index (χ4v) is 3.36. The van der Waals surface area contributed by atoms with Crippen molar-refractivity contribution >= 4 is 17.0 Å². The summed E-state index contributed by atoms with van der Waals surface area (Å²) in [6.07, 6.45) is 0.115. The van der Waals surface area contributed by atoms with Crippen molar-refractivity contribution in [3.63, 3.8) is 0 Å². The minimum Gasteiger partial charge on any atom is -0.481 e. The van der Waals surface area contributed by atoms with E-state index in [1.54, 1.807) is 4.57 Å². The summed E-state index contributed by atoms with van der Waals surface area (Å²) < 4.78 is 1.64. The summed E-state index contributed by atoms with van der Waals surface area (Å²) in [6.45, 7) is 6.28. The van der Waals surface area contributed by atoms with Crippen LogP contribution in [-0.2, 0) is 17.8 Å². The summed E-state index contributed by atoms with van der Waals surface area (Å²) in [4.78, 5) is 28.9. The number of carbonyl (C=O) groups is 1. The van der Waals surface area contributed by atoms with Crippen LogP contribution in [0.4, 0.5) is 0 Å². The Balaban J connectivity index is 2.43. The van der Waals surface area contributed by atoms with Gasteiger partial charge in [0.1, 0.15) is 5.65 Å². The number of aliphatic carboxylic acids is 1. The third-order valence-electron chi connectivity index (χ3n) is 4.56. The monoisotopic (exact) mass is 350 g/mol. The van der Waals surface area contributed by atoms with Crippen LogP contribution in [0.15, 0.2) is 41.2 Å². The maximum Gasteiger partial charge on any atom is 0.303 e. The number of carboxylic acid groups (broad SMARTS) is 1. The first-order chi connectivity index (χ1) is 12.4. The van der Waals surface area contributed by atoms with Crippen molar-refractivity contribution in [1.82, 2.24) is 9.55 Å². The van der Waals surface area contributed by atoms with Gasteiger partial charge in [0.25, 0.3) is 5.56 Å². The summed E-state index contributed by atoms with van der Waals surface area (Å²) in [7, 11) is 0. The molecule has 0 fully saturated rings. The number of pyridine rings is 2. The lowest BCUT2D eigenvalue weighted by atomic mass is 9.93. The van der Waals surface area contributed by atoms with Crippen LogP contribution in [0.1, 0.15) is 30.2 Å². The minimum atomic E-state index is -0.912. The molecule has 26 heavy (non-hydrogen) atoms. The van der Waals surface area contributed by atoms with Crippen LogP contribution >= 0.6 is 0 Å². The van der Waals surface area contributed by atoms with E-state index in [1.807, 2.05) is 57.2 Å². The summed E-state index contributed by atoms with van der Waals surface area (Å²) in [5.41, 5.74) is 4.67. The highest BCUT2D eigenvalue weighted by molar-refractivity contribution is 5.95. The van der Waals surface area contributed by atoms with Crippen LogP contribution < -0.4 is 5.56 Å². The van der Waals surface area contributed by atoms with Gasteiger partial charge in [-0.05, 0) is 44.9 Å². The van der Waals surface area contributed by atoms with Gasteiger partial charge in [-0.2, -0.15) is 0 Å². The van der Waals surface area contributed by atoms with Crippen molar-refractivity contribution in [3.05, 3.63) is 63.6 Å². The topological polar surface area (TPSA) is 72.2 Å². The average molecular weight is 350 g/mol. The SMILES string of the molecule is CCn1c(=O)c(CCC(=O)O)c(-c2cccc(C)c2)c2ccc(C)nc21. The molecule has 0 atom stereocenters. The van der Waals surface area contributed by atoms with E-state index in [2.05, 4.69) is 4.98 Å². The standard InChI is InChI=1S/C21H22N2O3/c1-4-23-20-16(9-8-14(3)22-20)19(15-7-5-6-13(2)12-15)17(21(23)26)10-11-18(24)25/h5-9,12H,4,10-11H2,1-3H3,(H,24,25). The molecule has 0 amide bonds. The predicted octanol–water partition coefficient (Wildman–Crippen LogP) is 3.72. The van der Waals surface area contributed by atoms with Gasteiger partial charge in [0.15, 0.2) is 0 Å². The van der Waals surface area contributed by atoms with E-state index >= 15 is 0 Å². The zero-order chi connectivity index (χ0) is 18.8. The lowest BCUT2D eigenvalue weighted by Gasteiger charge is -2.17. The van der Waals surface area contributed by atoms with E-state index in [0.29, 0.717) is 17.8 Å². The van der Waals surface area contributed by atoms with Crippen molar-refractivity contribution in [1.29, 1.82) is 0 Å². The second-order valence-corrected chi connectivity index (χ2v) is 6.49. The van der Waals surface area contributed by atoms with Crippen molar-refractivity contribution < 1.29 is 9.90 Å². The maximum atomic E-state index is 13.1. The molecular formula is C21H22N2O3. The highest BCUT2D eigenvalue weighted by atomic mass is 16.4. The lowest BCUT2D eigenvalue weighted by Crippen LogP contribution is -2.26. The molecule has 2 heterocycles. The van der Waals surface area contributed by atoms with Gasteiger partial charge in [-0.15, -0.1) is 0 Å². The van der Waals surface area contributed by atoms with Crippen molar-refractivity contribution in [2.24, 2.45) is 0 Å². The zero-order valence-electron chi connectivity index (χ0n) is 15.2. The van der Waals surface area contributed by atoms with Gasteiger partial charge in [-0.3, -0.25) is 14.2 Å². The van der Waals surface area contributed by atoms with E-state index in [-0.39, 0.29) is 18.4 Å². The Morgan fingerprint density at radius 2 is 1.96 bits per heavy atom. The third-order valence-corrected chi connectivity index (χ3v) is 4.56. The molecule has 3 rings (SSSR count). The van der Waals surface area contributed by atoms with Gasteiger partial charge in [0, 0.05) is 35.2 Å². The fraction of sp³-hybridized carbons (Fsp3) is 0.286. The number of aromatic nitrogens is 2. The first-order valence-corrected chi connectivity index (χ1v) is 8.74. The molecule has 5 nitrogen and oxygen atoms in total. The van der Waals surface area contributed by atoms with Gasteiger partial charge in [0.05, 0.1) is 0 Å². The van der Waals surface area contributed by atoms with Gasteiger partial charge in [-0.25, -0.2) is 4.98 Å². The molecule has 0 bridgehead atoms. The number of benzene rings is 1. The lowest BCUT2D eigenvalue weighted by molar-refractivity contribution is -0.136. The van der Waals surface area contributed by atoms with Crippen LogP contribution in [0.3, 0.4) is 0 Å². The highest BCUT2D eigenvalue weighted by Gasteiger charge is 2.19. The predicted molar refractivity (Wildman–Crippen MR) is 103 cm³/mol. The molecule has 0 unspecified atom stereocenters. The molecule has 3 aromatic rings. The third kappa shape index (κ3) is 3.25. The number of fused-ring (bicyclic) bond motifs is 1. The van der Waals surface area contributed by atoms with Gasteiger partial charge in [-0.1, -0.05) is 29.8 Å². The summed E-state index contributed by atoms with van der Waals surface area (Å²) in [6, 6.07) is 11.8. The molecule has 0 aliphatic heterocycles. The molecule has 2 aromatic heterocycles. The van der Waals surface area contributed by atoms with Crippen molar-refractivity contribution in [3.8, 4) is 11.1 Å². The first-order valence-electron chi connectivity index (χ1n) is 8.74. The first kappa shape index (κ1) is 17.9.